The van der Waals surface area contributed by atoms with Crippen molar-refractivity contribution in [3.63, 3.8) is 0 Å². The molecule has 5 nitrogen and oxygen atoms in total. The van der Waals surface area contributed by atoms with Crippen molar-refractivity contribution in [2.75, 3.05) is 7.11 Å². The second-order valence-corrected chi connectivity index (χ2v) is 8.16. The third kappa shape index (κ3) is 4.80. The Bertz CT molecular complexity index is 918. The van der Waals surface area contributed by atoms with Crippen LogP contribution >= 0.6 is 27.7 Å². The molecule has 28 heavy (non-hydrogen) atoms. The van der Waals surface area contributed by atoms with Crippen LogP contribution in [0.15, 0.2) is 57.1 Å². The Labute approximate surface area is 175 Å². The van der Waals surface area contributed by atoms with Crippen LogP contribution < -0.4 is 4.74 Å². The number of benzene rings is 2. The highest BCUT2D eigenvalue weighted by atomic mass is 79.9. The second-order valence-electron chi connectivity index (χ2n) is 6.08. The van der Waals surface area contributed by atoms with E-state index in [-0.39, 0.29) is 17.0 Å². The minimum Gasteiger partial charge on any atom is -0.496 e. The molecule has 0 saturated carbocycles. The van der Waals surface area contributed by atoms with Crippen LogP contribution in [0.5, 0.6) is 5.75 Å². The fourth-order valence-corrected chi connectivity index (χ4v) is 4.11. The molecule has 1 heterocycles. The molecule has 146 valence electrons. The maximum absolute atomic E-state index is 13.1. The summed E-state index contributed by atoms with van der Waals surface area (Å²) in [6.07, 6.45) is 2.29. The summed E-state index contributed by atoms with van der Waals surface area (Å²) in [4.78, 5) is 14.3. The Morgan fingerprint density at radius 3 is 2.71 bits per heavy atom. The van der Waals surface area contributed by atoms with Gasteiger partial charge in [0.15, 0.2) is 5.17 Å². The highest BCUT2D eigenvalue weighted by molar-refractivity contribution is 9.10. The van der Waals surface area contributed by atoms with Crippen LogP contribution in [-0.2, 0) is 11.3 Å². The monoisotopic (exact) mass is 463 g/mol. The molecule has 0 spiro atoms. The molecule has 0 radical (unpaired) electrons. The first-order valence-corrected chi connectivity index (χ1v) is 10.4. The van der Waals surface area contributed by atoms with Gasteiger partial charge in [0.25, 0.3) is 0 Å². The summed E-state index contributed by atoms with van der Waals surface area (Å²) in [6, 6.07) is 11.7. The van der Waals surface area contributed by atoms with Crippen molar-refractivity contribution in [3.05, 3.63) is 63.9 Å². The lowest BCUT2D eigenvalue weighted by Crippen LogP contribution is -2.31. The SMILES string of the molecule is CC[C@H]1S/C(=N/N=C\c2cc(Br)ccc2OC)N(Cc2ccc(F)cc2)C1=O. The molecule has 1 saturated heterocycles. The van der Waals surface area contributed by atoms with Crippen LogP contribution in [0.2, 0.25) is 0 Å². The van der Waals surface area contributed by atoms with E-state index in [1.165, 1.54) is 23.9 Å². The third-order valence-corrected chi connectivity index (χ3v) is 6.00. The van der Waals surface area contributed by atoms with Crippen molar-refractivity contribution in [2.24, 2.45) is 10.2 Å². The maximum atomic E-state index is 13.1. The van der Waals surface area contributed by atoms with Gasteiger partial charge in [-0.3, -0.25) is 9.69 Å². The Hall–Kier alpha value is -2.19. The third-order valence-electron chi connectivity index (χ3n) is 4.18. The van der Waals surface area contributed by atoms with Gasteiger partial charge in [0.2, 0.25) is 5.91 Å². The molecule has 1 aliphatic rings. The van der Waals surface area contributed by atoms with E-state index in [1.807, 2.05) is 25.1 Å². The first-order chi connectivity index (χ1) is 13.5. The van der Waals surface area contributed by atoms with Crippen LogP contribution in [-0.4, -0.2) is 34.5 Å². The molecule has 8 heteroatoms. The number of ether oxygens (including phenoxy) is 1. The van der Waals surface area contributed by atoms with Gasteiger partial charge in [0, 0.05) is 10.0 Å². The van der Waals surface area contributed by atoms with Crippen LogP contribution in [0, 0.1) is 5.82 Å². The van der Waals surface area contributed by atoms with E-state index in [2.05, 4.69) is 26.1 Å². The standard InChI is InChI=1S/C20H19BrFN3O2S/c1-3-18-19(26)25(12-13-4-7-16(22)8-5-13)20(28-18)24-23-11-14-10-15(21)6-9-17(14)27-2/h4-11,18H,3,12H2,1-2H3/b23-11-,24-20+/t18-/m1/s1. The second kappa shape index (κ2) is 9.34. The Morgan fingerprint density at radius 2 is 2.04 bits per heavy atom. The molecular weight excluding hydrogens is 445 g/mol. The van der Waals surface area contributed by atoms with Crippen molar-refractivity contribution >= 4 is 45.0 Å². The van der Waals surface area contributed by atoms with Crippen LogP contribution in [0.1, 0.15) is 24.5 Å². The zero-order valence-corrected chi connectivity index (χ0v) is 17.8. The van der Waals surface area contributed by atoms with Crippen molar-refractivity contribution in [3.8, 4) is 5.75 Å². The van der Waals surface area contributed by atoms with Crippen LogP contribution in [0.3, 0.4) is 0 Å². The van der Waals surface area contributed by atoms with Gasteiger partial charge in [-0.15, -0.1) is 5.10 Å². The number of methoxy groups -OCH3 is 1. The van der Waals surface area contributed by atoms with E-state index < -0.39 is 0 Å². The molecule has 0 N–H and O–H groups in total. The van der Waals surface area contributed by atoms with Gasteiger partial charge in [-0.25, -0.2) is 4.39 Å². The molecule has 2 aromatic rings. The fourth-order valence-electron chi connectivity index (χ4n) is 2.71. The van der Waals surface area contributed by atoms with E-state index in [9.17, 15) is 9.18 Å². The predicted octanol–water partition coefficient (Wildman–Crippen LogP) is 4.84. The van der Waals surface area contributed by atoms with Crippen LogP contribution in [0.4, 0.5) is 4.39 Å². The van der Waals surface area contributed by atoms with Crippen molar-refractivity contribution in [1.29, 1.82) is 0 Å². The van der Waals surface area contributed by atoms with Gasteiger partial charge < -0.3 is 4.74 Å². The molecular formula is C20H19BrFN3O2S. The number of amides is 1. The van der Waals surface area contributed by atoms with E-state index >= 15 is 0 Å². The highest BCUT2D eigenvalue weighted by Gasteiger charge is 2.36. The molecule has 1 atom stereocenters. The molecule has 1 fully saturated rings. The highest BCUT2D eigenvalue weighted by Crippen LogP contribution is 2.31. The zero-order valence-electron chi connectivity index (χ0n) is 15.4. The van der Waals surface area contributed by atoms with Gasteiger partial charge >= 0.3 is 0 Å². The van der Waals surface area contributed by atoms with Gasteiger partial charge in [0.05, 0.1) is 25.1 Å². The van der Waals surface area contributed by atoms with E-state index in [1.54, 1.807) is 30.4 Å². The number of hydrogen-bond acceptors (Lipinski definition) is 5. The molecule has 2 aromatic carbocycles. The lowest BCUT2D eigenvalue weighted by atomic mass is 10.2. The number of rotatable bonds is 6. The van der Waals surface area contributed by atoms with E-state index in [4.69, 9.17) is 4.74 Å². The number of nitrogens with zero attached hydrogens (tertiary/aromatic N) is 3. The zero-order chi connectivity index (χ0) is 20.1. The Balaban J connectivity index is 1.84. The molecule has 0 unspecified atom stereocenters. The molecule has 0 aliphatic carbocycles. The number of thioether (sulfide) groups is 1. The lowest BCUT2D eigenvalue weighted by Gasteiger charge is -2.15. The first kappa shape index (κ1) is 20.5. The number of halogens is 2. The minimum absolute atomic E-state index is 0.00851. The fraction of sp³-hybridized carbons (Fsp3) is 0.250. The van der Waals surface area contributed by atoms with Gasteiger partial charge in [-0.1, -0.05) is 46.7 Å². The normalized spacial score (nSPS) is 18.4. The molecule has 1 amide bonds. The van der Waals surface area contributed by atoms with E-state index in [0.717, 1.165) is 15.6 Å². The number of amidine groups is 1. The van der Waals surface area contributed by atoms with Gasteiger partial charge in [-0.2, -0.15) is 5.10 Å². The molecule has 3 rings (SSSR count). The predicted molar refractivity (Wildman–Crippen MR) is 114 cm³/mol. The molecule has 1 aliphatic heterocycles. The lowest BCUT2D eigenvalue weighted by molar-refractivity contribution is -0.126. The average molecular weight is 464 g/mol. The minimum atomic E-state index is -0.307. The summed E-state index contributed by atoms with van der Waals surface area (Å²) in [5.41, 5.74) is 1.60. The first-order valence-electron chi connectivity index (χ1n) is 8.69. The summed E-state index contributed by atoms with van der Waals surface area (Å²) in [7, 11) is 1.59. The van der Waals surface area contributed by atoms with E-state index in [0.29, 0.717) is 23.9 Å². The Kier molecular flexibility index (Phi) is 6.85. The van der Waals surface area contributed by atoms with Crippen molar-refractivity contribution < 1.29 is 13.9 Å². The van der Waals surface area contributed by atoms with Crippen molar-refractivity contribution in [1.82, 2.24) is 4.90 Å². The maximum Gasteiger partial charge on any atom is 0.242 e. The number of hydrogen-bond donors (Lipinski definition) is 0. The molecule has 0 aromatic heterocycles. The summed E-state index contributed by atoms with van der Waals surface area (Å²) < 4.78 is 19.4. The summed E-state index contributed by atoms with van der Waals surface area (Å²) in [5.74, 6) is 0.362. The summed E-state index contributed by atoms with van der Waals surface area (Å²) in [6.45, 7) is 2.29. The smallest absolute Gasteiger partial charge is 0.242 e. The van der Waals surface area contributed by atoms with Crippen molar-refractivity contribution in [2.45, 2.75) is 25.1 Å². The largest absolute Gasteiger partial charge is 0.496 e. The summed E-state index contributed by atoms with van der Waals surface area (Å²) >= 11 is 4.82. The summed E-state index contributed by atoms with van der Waals surface area (Å²) in [5, 5.41) is 8.79. The van der Waals surface area contributed by atoms with Crippen LogP contribution in [0.25, 0.3) is 0 Å². The van der Waals surface area contributed by atoms with Gasteiger partial charge in [-0.05, 0) is 42.3 Å². The Morgan fingerprint density at radius 1 is 1.29 bits per heavy atom. The number of carbonyl (C=O) groups is 1. The molecule has 0 bridgehead atoms. The van der Waals surface area contributed by atoms with Gasteiger partial charge in [0.1, 0.15) is 11.6 Å². The quantitative estimate of drug-likeness (QED) is 0.454. The average Bonchev–Trinajstić information content (AvgIpc) is 2.99. The topological polar surface area (TPSA) is 54.3 Å². The number of carbonyl (C=O) groups excluding carboxylic acids is 1.